The number of hydrogen-bond donors (Lipinski definition) is 0. The predicted octanol–water partition coefficient (Wildman–Crippen LogP) is 3.50. The van der Waals surface area contributed by atoms with E-state index < -0.39 is 0 Å². The minimum absolute atomic E-state index is 0.335. The summed E-state index contributed by atoms with van der Waals surface area (Å²) in [4.78, 5) is 0. The molecule has 0 N–H and O–H groups in total. The smallest absolute Gasteiger partial charge is 0.147 e. The van der Waals surface area contributed by atoms with Crippen molar-refractivity contribution >= 4 is 11.6 Å². The normalized spacial score (nSPS) is 40.0. The van der Waals surface area contributed by atoms with Gasteiger partial charge in [0.15, 0.2) is 0 Å². The monoisotopic (exact) mass is 279 g/mol. The van der Waals surface area contributed by atoms with Gasteiger partial charge in [-0.05, 0) is 63.2 Å². The Kier molecular flexibility index (Phi) is 2.70. The molecule has 0 aliphatic heterocycles. The second-order valence-electron chi connectivity index (χ2n) is 7.02. The van der Waals surface area contributed by atoms with Crippen molar-refractivity contribution in [3.8, 4) is 0 Å². The van der Waals surface area contributed by atoms with E-state index in [1.165, 1.54) is 44.3 Å². The van der Waals surface area contributed by atoms with Crippen LogP contribution in [0.2, 0.25) is 0 Å². The van der Waals surface area contributed by atoms with Crippen molar-refractivity contribution < 1.29 is 0 Å². The van der Waals surface area contributed by atoms with Gasteiger partial charge in [0.05, 0.1) is 5.88 Å². The fraction of sp³-hybridized carbons (Fsp3) is 0.867. The number of nitrogens with zero attached hydrogens (tertiary/aromatic N) is 3. The van der Waals surface area contributed by atoms with E-state index in [2.05, 4.69) is 21.7 Å². The summed E-state index contributed by atoms with van der Waals surface area (Å²) in [6.45, 7) is 3.13. The molecule has 104 valence electrons. The van der Waals surface area contributed by atoms with Crippen molar-refractivity contribution in [3.05, 3.63) is 11.6 Å². The van der Waals surface area contributed by atoms with E-state index in [4.69, 9.17) is 11.6 Å². The molecule has 0 aromatic carbocycles. The Morgan fingerprint density at radius 1 is 1.11 bits per heavy atom. The topological polar surface area (TPSA) is 30.7 Å². The number of alkyl halides is 1. The van der Waals surface area contributed by atoms with Crippen molar-refractivity contribution in [1.29, 1.82) is 0 Å². The molecule has 0 atom stereocenters. The van der Waals surface area contributed by atoms with Gasteiger partial charge in [-0.3, -0.25) is 0 Å². The average Bonchev–Trinajstić information content (AvgIpc) is 2.80. The maximum Gasteiger partial charge on any atom is 0.147 e. The summed E-state index contributed by atoms with van der Waals surface area (Å²) < 4.78 is 2.29. The SMILES string of the molecule is CCn1c(CCl)nnc1C12CC3CC(CC(C3)C1)C2. The quantitative estimate of drug-likeness (QED) is 0.793. The Labute approximate surface area is 119 Å². The van der Waals surface area contributed by atoms with E-state index in [-0.39, 0.29) is 0 Å². The van der Waals surface area contributed by atoms with Crippen molar-refractivity contribution in [2.24, 2.45) is 17.8 Å². The van der Waals surface area contributed by atoms with Crippen molar-refractivity contribution in [1.82, 2.24) is 14.8 Å². The Balaban J connectivity index is 1.77. The fourth-order valence-corrected chi connectivity index (χ4v) is 5.74. The van der Waals surface area contributed by atoms with Crippen molar-refractivity contribution in [2.45, 2.75) is 63.3 Å². The molecule has 4 heteroatoms. The fourth-order valence-electron chi connectivity index (χ4n) is 5.54. The lowest BCUT2D eigenvalue weighted by atomic mass is 9.49. The zero-order valence-electron chi connectivity index (χ0n) is 11.6. The average molecular weight is 280 g/mol. The maximum absolute atomic E-state index is 6.01. The van der Waals surface area contributed by atoms with Gasteiger partial charge in [0, 0.05) is 12.0 Å². The molecule has 19 heavy (non-hydrogen) atoms. The standard InChI is InChI=1S/C15H22ClN3/c1-2-19-13(9-16)17-18-14(19)15-6-10-3-11(7-15)5-12(4-10)8-15/h10-12H,2-9H2,1H3. The lowest BCUT2D eigenvalue weighted by Crippen LogP contribution is -2.49. The molecule has 1 aromatic rings. The molecule has 1 heterocycles. The number of rotatable bonds is 3. The summed E-state index contributed by atoms with van der Waals surface area (Å²) in [5.41, 5.74) is 0.335. The largest absolute Gasteiger partial charge is 0.314 e. The highest BCUT2D eigenvalue weighted by Crippen LogP contribution is 2.60. The Hall–Kier alpha value is -0.570. The zero-order valence-corrected chi connectivity index (χ0v) is 12.4. The van der Waals surface area contributed by atoms with E-state index in [1.54, 1.807) is 0 Å². The second kappa shape index (κ2) is 4.21. The molecule has 0 saturated heterocycles. The molecule has 4 bridgehead atoms. The molecular weight excluding hydrogens is 258 g/mol. The summed E-state index contributed by atoms with van der Waals surface area (Å²) >= 11 is 6.01. The minimum Gasteiger partial charge on any atom is -0.314 e. The van der Waals surface area contributed by atoms with Crippen LogP contribution in [0.15, 0.2) is 0 Å². The van der Waals surface area contributed by atoms with Gasteiger partial charge in [0.2, 0.25) is 0 Å². The maximum atomic E-state index is 6.01. The zero-order chi connectivity index (χ0) is 13.0. The minimum atomic E-state index is 0.335. The second-order valence-corrected chi connectivity index (χ2v) is 7.28. The molecule has 4 aliphatic rings. The van der Waals surface area contributed by atoms with Gasteiger partial charge < -0.3 is 4.57 Å². The van der Waals surface area contributed by atoms with E-state index in [0.717, 1.165) is 30.1 Å². The summed E-state index contributed by atoms with van der Waals surface area (Å²) in [6, 6.07) is 0. The summed E-state index contributed by atoms with van der Waals surface area (Å²) in [7, 11) is 0. The van der Waals surface area contributed by atoms with Gasteiger partial charge in [0.25, 0.3) is 0 Å². The van der Waals surface area contributed by atoms with E-state index in [1.807, 2.05) is 0 Å². The third kappa shape index (κ3) is 1.70. The van der Waals surface area contributed by atoms with Gasteiger partial charge in [-0.15, -0.1) is 21.8 Å². The Bertz CT molecular complexity index is 458. The molecule has 4 fully saturated rings. The van der Waals surface area contributed by atoms with Crippen LogP contribution in [-0.4, -0.2) is 14.8 Å². The summed E-state index contributed by atoms with van der Waals surface area (Å²) in [6.07, 6.45) is 8.46. The van der Waals surface area contributed by atoms with E-state index in [0.29, 0.717) is 11.3 Å². The molecule has 0 amide bonds. The molecule has 1 aromatic heterocycles. The first-order chi connectivity index (χ1) is 9.24. The summed E-state index contributed by atoms with van der Waals surface area (Å²) in [5, 5.41) is 8.92. The van der Waals surface area contributed by atoms with Gasteiger partial charge in [-0.2, -0.15) is 0 Å². The van der Waals surface area contributed by atoms with Crippen LogP contribution < -0.4 is 0 Å². The summed E-state index contributed by atoms with van der Waals surface area (Å²) in [5.74, 6) is 5.54. The first kappa shape index (κ1) is 12.2. The molecular formula is C15H22ClN3. The highest BCUT2D eigenvalue weighted by atomic mass is 35.5. The van der Waals surface area contributed by atoms with Crippen LogP contribution in [-0.2, 0) is 17.8 Å². The van der Waals surface area contributed by atoms with Gasteiger partial charge in [-0.1, -0.05) is 0 Å². The third-order valence-electron chi connectivity index (χ3n) is 5.78. The van der Waals surface area contributed by atoms with Gasteiger partial charge in [-0.25, -0.2) is 0 Å². The first-order valence-electron chi connectivity index (χ1n) is 7.72. The molecule has 3 nitrogen and oxygen atoms in total. The van der Waals surface area contributed by atoms with Crippen LogP contribution in [0.1, 0.15) is 57.1 Å². The Morgan fingerprint density at radius 2 is 1.68 bits per heavy atom. The molecule has 0 radical (unpaired) electrons. The van der Waals surface area contributed by atoms with Gasteiger partial charge in [0.1, 0.15) is 11.6 Å². The molecule has 0 unspecified atom stereocenters. The molecule has 4 saturated carbocycles. The third-order valence-corrected chi connectivity index (χ3v) is 6.01. The highest BCUT2D eigenvalue weighted by molar-refractivity contribution is 6.16. The van der Waals surface area contributed by atoms with Crippen LogP contribution >= 0.6 is 11.6 Å². The number of aromatic nitrogens is 3. The van der Waals surface area contributed by atoms with Gasteiger partial charge >= 0.3 is 0 Å². The lowest BCUT2D eigenvalue weighted by Gasteiger charge is -2.56. The van der Waals surface area contributed by atoms with Crippen LogP contribution in [0.25, 0.3) is 0 Å². The number of hydrogen-bond acceptors (Lipinski definition) is 2. The first-order valence-corrected chi connectivity index (χ1v) is 8.26. The van der Waals surface area contributed by atoms with Crippen molar-refractivity contribution in [2.75, 3.05) is 0 Å². The van der Waals surface area contributed by atoms with Crippen molar-refractivity contribution in [3.63, 3.8) is 0 Å². The van der Waals surface area contributed by atoms with Crippen LogP contribution in [0, 0.1) is 17.8 Å². The van der Waals surface area contributed by atoms with Crippen LogP contribution in [0.4, 0.5) is 0 Å². The van der Waals surface area contributed by atoms with Crippen LogP contribution in [0.5, 0.6) is 0 Å². The lowest BCUT2D eigenvalue weighted by molar-refractivity contribution is -0.0111. The predicted molar refractivity (Wildman–Crippen MR) is 75.1 cm³/mol. The molecule has 0 spiro atoms. The number of halogens is 1. The highest BCUT2D eigenvalue weighted by Gasteiger charge is 2.53. The van der Waals surface area contributed by atoms with E-state index in [9.17, 15) is 0 Å². The van der Waals surface area contributed by atoms with E-state index >= 15 is 0 Å². The molecule has 5 rings (SSSR count). The molecule has 4 aliphatic carbocycles. The Morgan fingerprint density at radius 3 is 2.16 bits per heavy atom. The van der Waals surface area contributed by atoms with Crippen LogP contribution in [0.3, 0.4) is 0 Å².